The fourth-order valence-corrected chi connectivity index (χ4v) is 1.05. The summed E-state index contributed by atoms with van der Waals surface area (Å²) >= 11 is 0. The summed E-state index contributed by atoms with van der Waals surface area (Å²) in [4.78, 5) is 15.4. The number of aromatic amines is 1. The van der Waals surface area contributed by atoms with Gasteiger partial charge in [-0.3, -0.25) is 0 Å². The van der Waals surface area contributed by atoms with Crippen LogP contribution in [0.2, 0.25) is 0 Å². The first-order chi connectivity index (χ1) is 6.09. The molecule has 2 N–H and O–H groups in total. The van der Waals surface area contributed by atoms with Crippen LogP contribution in [0.25, 0.3) is 0 Å². The van der Waals surface area contributed by atoms with Crippen LogP contribution in [-0.4, -0.2) is 41.6 Å². The topological polar surface area (TPSA) is 56.3 Å². The zero-order valence-electron chi connectivity index (χ0n) is 7.87. The average Bonchev–Trinajstić information content (AvgIpc) is 2.48. The van der Waals surface area contributed by atoms with Crippen molar-refractivity contribution in [3.8, 4) is 0 Å². The Kier molecular flexibility index (Phi) is 3.08. The summed E-state index contributed by atoms with van der Waals surface area (Å²) in [6, 6.07) is 3.40. The zero-order chi connectivity index (χ0) is 9.84. The minimum absolute atomic E-state index is 0.258. The molecule has 0 aliphatic heterocycles. The molecule has 0 aliphatic carbocycles. The molecule has 1 rings (SSSR count). The maximum Gasteiger partial charge on any atom is 0.352 e. The zero-order valence-corrected chi connectivity index (χ0v) is 7.87. The Bertz CT molecular complexity index is 292. The van der Waals surface area contributed by atoms with Gasteiger partial charge in [0, 0.05) is 18.7 Å². The van der Waals surface area contributed by atoms with Gasteiger partial charge in [0.1, 0.15) is 5.69 Å². The third kappa shape index (κ3) is 2.91. The van der Waals surface area contributed by atoms with Crippen LogP contribution in [0, 0.1) is 0 Å². The fourth-order valence-electron chi connectivity index (χ4n) is 1.05. The molecule has 0 fully saturated rings. The fraction of sp³-hybridized carbons (Fsp3) is 0.444. The van der Waals surface area contributed by atoms with Gasteiger partial charge in [0.2, 0.25) is 0 Å². The van der Waals surface area contributed by atoms with Gasteiger partial charge in [0.05, 0.1) is 0 Å². The van der Waals surface area contributed by atoms with E-state index in [-0.39, 0.29) is 5.69 Å². The number of carbonyl (C=O) groups is 1. The summed E-state index contributed by atoms with van der Waals surface area (Å²) < 4.78 is 0. The minimum atomic E-state index is -0.906. The molecule has 0 atom stereocenters. The van der Waals surface area contributed by atoms with Crippen LogP contribution >= 0.6 is 0 Å². The van der Waals surface area contributed by atoms with Gasteiger partial charge in [0.25, 0.3) is 0 Å². The number of rotatable bonds is 4. The molecule has 13 heavy (non-hydrogen) atoms. The van der Waals surface area contributed by atoms with E-state index in [0.29, 0.717) is 0 Å². The molecule has 1 heterocycles. The predicted octanol–water partition coefficient (Wildman–Crippen LogP) is 0.817. The molecule has 0 aromatic carbocycles. The van der Waals surface area contributed by atoms with E-state index in [4.69, 9.17) is 5.11 Å². The highest BCUT2D eigenvalue weighted by atomic mass is 16.4. The van der Waals surface area contributed by atoms with Gasteiger partial charge in [-0.05, 0) is 26.2 Å². The summed E-state index contributed by atoms with van der Waals surface area (Å²) in [6.07, 6.45) is 0.847. The number of nitrogens with zero attached hydrogens (tertiary/aromatic N) is 1. The molecule has 1 aromatic heterocycles. The molecule has 0 saturated carbocycles. The quantitative estimate of drug-likeness (QED) is 0.724. The Hall–Kier alpha value is -1.29. The smallest absolute Gasteiger partial charge is 0.352 e. The number of H-pyrrole nitrogens is 1. The van der Waals surface area contributed by atoms with Crippen molar-refractivity contribution in [3.05, 3.63) is 23.5 Å². The first-order valence-electron chi connectivity index (χ1n) is 4.15. The Balaban J connectivity index is 2.54. The highest BCUT2D eigenvalue weighted by molar-refractivity contribution is 5.85. The third-order valence-corrected chi connectivity index (χ3v) is 1.81. The van der Waals surface area contributed by atoms with Crippen LogP contribution in [0.5, 0.6) is 0 Å². The molecule has 0 aliphatic rings. The molecular weight excluding hydrogens is 168 g/mol. The molecule has 0 saturated heterocycles. The molecule has 4 heteroatoms. The van der Waals surface area contributed by atoms with Crippen molar-refractivity contribution in [3.63, 3.8) is 0 Å². The maximum atomic E-state index is 10.5. The molecule has 0 spiro atoms. The number of carboxylic acid groups (broad SMARTS) is 1. The molecule has 4 nitrogen and oxygen atoms in total. The molecule has 1 aromatic rings. The lowest BCUT2D eigenvalue weighted by Gasteiger charge is -2.07. The lowest BCUT2D eigenvalue weighted by atomic mass is 10.3. The van der Waals surface area contributed by atoms with E-state index in [9.17, 15) is 4.79 Å². The SMILES string of the molecule is CN(C)CCc1ccc(C(=O)O)[nH]1. The normalized spacial score (nSPS) is 10.7. The van der Waals surface area contributed by atoms with Crippen LogP contribution in [-0.2, 0) is 6.42 Å². The summed E-state index contributed by atoms with van der Waals surface area (Å²) in [5.74, 6) is -0.906. The Morgan fingerprint density at radius 1 is 1.54 bits per heavy atom. The van der Waals surface area contributed by atoms with Crippen LogP contribution < -0.4 is 0 Å². The van der Waals surface area contributed by atoms with Crippen molar-refractivity contribution in [2.75, 3.05) is 20.6 Å². The second-order valence-corrected chi connectivity index (χ2v) is 3.26. The summed E-state index contributed by atoms with van der Waals surface area (Å²) in [7, 11) is 3.97. The van der Waals surface area contributed by atoms with Crippen LogP contribution in [0.15, 0.2) is 12.1 Å². The predicted molar refractivity (Wildman–Crippen MR) is 50.0 cm³/mol. The largest absolute Gasteiger partial charge is 0.477 e. The van der Waals surface area contributed by atoms with Crippen molar-refractivity contribution < 1.29 is 9.90 Å². The average molecular weight is 182 g/mol. The standard InChI is InChI=1S/C9H14N2O2/c1-11(2)6-5-7-3-4-8(10-7)9(12)13/h3-4,10H,5-6H2,1-2H3,(H,12,13). The molecule has 72 valence electrons. The van der Waals surface area contributed by atoms with Crippen molar-refractivity contribution in [2.45, 2.75) is 6.42 Å². The highest BCUT2D eigenvalue weighted by Gasteiger charge is 2.05. The molecule has 0 amide bonds. The lowest BCUT2D eigenvalue weighted by Crippen LogP contribution is -2.15. The summed E-state index contributed by atoms with van der Waals surface area (Å²) in [5, 5.41) is 8.63. The van der Waals surface area contributed by atoms with Crippen molar-refractivity contribution in [1.82, 2.24) is 9.88 Å². The number of likely N-dealkylation sites (N-methyl/N-ethyl adjacent to an activating group) is 1. The van der Waals surface area contributed by atoms with E-state index >= 15 is 0 Å². The van der Waals surface area contributed by atoms with Crippen molar-refractivity contribution in [2.24, 2.45) is 0 Å². The van der Waals surface area contributed by atoms with Gasteiger partial charge >= 0.3 is 5.97 Å². The van der Waals surface area contributed by atoms with E-state index in [1.54, 1.807) is 6.07 Å². The molecular formula is C9H14N2O2. The molecule has 0 unspecified atom stereocenters. The number of aromatic nitrogens is 1. The van der Waals surface area contributed by atoms with Gasteiger partial charge < -0.3 is 15.0 Å². The highest BCUT2D eigenvalue weighted by Crippen LogP contribution is 2.02. The minimum Gasteiger partial charge on any atom is -0.477 e. The van der Waals surface area contributed by atoms with Gasteiger partial charge in [-0.25, -0.2) is 4.79 Å². The Morgan fingerprint density at radius 2 is 2.23 bits per heavy atom. The molecule has 0 radical (unpaired) electrons. The third-order valence-electron chi connectivity index (χ3n) is 1.81. The van der Waals surface area contributed by atoms with E-state index < -0.39 is 5.97 Å². The second kappa shape index (κ2) is 4.09. The summed E-state index contributed by atoms with van der Waals surface area (Å²) in [6.45, 7) is 0.916. The van der Waals surface area contributed by atoms with E-state index in [2.05, 4.69) is 9.88 Å². The van der Waals surface area contributed by atoms with E-state index in [1.807, 2.05) is 20.2 Å². The number of aromatic carboxylic acids is 1. The van der Waals surface area contributed by atoms with Gasteiger partial charge in [-0.15, -0.1) is 0 Å². The Morgan fingerprint density at radius 3 is 2.69 bits per heavy atom. The lowest BCUT2D eigenvalue weighted by molar-refractivity contribution is 0.0691. The van der Waals surface area contributed by atoms with E-state index in [0.717, 1.165) is 18.7 Å². The van der Waals surface area contributed by atoms with Crippen LogP contribution in [0.3, 0.4) is 0 Å². The number of hydrogen-bond acceptors (Lipinski definition) is 2. The Labute approximate surface area is 77.2 Å². The van der Waals surface area contributed by atoms with E-state index in [1.165, 1.54) is 0 Å². The van der Waals surface area contributed by atoms with Crippen molar-refractivity contribution >= 4 is 5.97 Å². The van der Waals surface area contributed by atoms with Gasteiger partial charge in [-0.1, -0.05) is 0 Å². The maximum absolute atomic E-state index is 10.5. The first-order valence-corrected chi connectivity index (χ1v) is 4.15. The number of hydrogen-bond donors (Lipinski definition) is 2. The number of carboxylic acids is 1. The van der Waals surface area contributed by atoms with Crippen LogP contribution in [0.4, 0.5) is 0 Å². The van der Waals surface area contributed by atoms with Gasteiger partial charge in [0.15, 0.2) is 0 Å². The first kappa shape index (κ1) is 9.80. The molecule has 0 bridgehead atoms. The van der Waals surface area contributed by atoms with Gasteiger partial charge in [-0.2, -0.15) is 0 Å². The second-order valence-electron chi connectivity index (χ2n) is 3.26. The van der Waals surface area contributed by atoms with Crippen molar-refractivity contribution in [1.29, 1.82) is 0 Å². The number of nitrogens with one attached hydrogen (secondary N) is 1. The van der Waals surface area contributed by atoms with Crippen LogP contribution in [0.1, 0.15) is 16.2 Å². The summed E-state index contributed by atoms with van der Waals surface area (Å²) in [5.41, 5.74) is 1.22. The monoisotopic (exact) mass is 182 g/mol.